The van der Waals surface area contributed by atoms with Gasteiger partial charge < -0.3 is 5.32 Å². The second kappa shape index (κ2) is 6.14. The number of piperidine rings is 1. The van der Waals surface area contributed by atoms with Gasteiger partial charge in [0.15, 0.2) is 0 Å². The summed E-state index contributed by atoms with van der Waals surface area (Å²) in [6, 6.07) is 4.61. The molecule has 2 heterocycles. The van der Waals surface area contributed by atoms with Crippen LogP contribution in [-0.4, -0.2) is 37.6 Å². The highest BCUT2D eigenvalue weighted by molar-refractivity contribution is 7.89. The first kappa shape index (κ1) is 14.0. The van der Waals surface area contributed by atoms with E-state index in [1.54, 1.807) is 22.6 Å². The highest BCUT2D eigenvalue weighted by Gasteiger charge is 2.26. The van der Waals surface area contributed by atoms with Crippen LogP contribution in [0.1, 0.15) is 24.6 Å². The largest absolute Gasteiger partial charge is 0.309 e. The molecular weight excluding hydrogens is 268 g/mol. The van der Waals surface area contributed by atoms with Gasteiger partial charge >= 0.3 is 0 Å². The SMILES string of the molecule is CCS(=O)(=O)N1CCC(NCc2cccs2)CC1. The monoisotopic (exact) mass is 288 g/mol. The van der Waals surface area contributed by atoms with Gasteiger partial charge in [-0.1, -0.05) is 6.07 Å². The molecule has 1 aliphatic rings. The molecule has 1 fully saturated rings. The van der Waals surface area contributed by atoms with E-state index >= 15 is 0 Å². The van der Waals surface area contributed by atoms with Crippen LogP contribution in [0.5, 0.6) is 0 Å². The summed E-state index contributed by atoms with van der Waals surface area (Å²) in [6.07, 6.45) is 1.81. The first-order valence-corrected chi connectivity index (χ1v) is 8.84. The third-order valence-corrected chi connectivity index (χ3v) is 6.12. The molecule has 0 aliphatic carbocycles. The van der Waals surface area contributed by atoms with E-state index < -0.39 is 10.0 Å². The smallest absolute Gasteiger partial charge is 0.213 e. The van der Waals surface area contributed by atoms with Crippen LogP contribution in [0, 0.1) is 0 Å². The highest BCUT2D eigenvalue weighted by atomic mass is 32.2. The Morgan fingerprint density at radius 2 is 2.17 bits per heavy atom. The molecule has 102 valence electrons. The van der Waals surface area contributed by atoms with Gasteiger partial charge in [0.25, 0.3) is 0 Å². The molecule has 0 unspecified atom stereocenters. The fourth-order valence-corrected chi connectivity index (χ4v) is 3.97. The molecule has 0 amide bonds. The lowest BCUT2D eigenvalue weighted by Gasteiger charge is -2.31. The van der Waals surface area contributed by atoms with Gasteiger partial charge in [-0.3, -0.25) is 0 Å². The van der Waals surface area contributed by atoms with Crippen LogP contribution in [0.15, 0.2) is 17.5 Å². The predicted molar refractivity (Wildman–Crippen MR) is 75.2 cm³/mol. The lowest BCUT2D eigenvalue weighted by molar-refractivity contribution is 0.289. The lowest BCUT2D eigenvalue weighted by Crippen LogP contribution is -2.45. The van der Waals surface area contributed by atoms with Crippen LogP contribution in [-0.2, 0) is 16.6 Å². The maximum absolute atomic E-state index is 11.7. The molecule has 1 saturated heterocycles. The van der Waals surface area contributed by atoms with Crippen LogP contribution in [0.25, 0.3) is 0 Å². The van der Waals surface area contributed by atoms with Gasteiger partial charge in [-0.25, -0.2) is 12.7 Å². The zero-order chi connectivity index (χ0) is 13.0. The molecule has 2 rings (SSSR count). The van der Waals surface area contributed by atoms with E-state index in [4.69, 9.17) is 0 Å². The molecule has 6 heteroatoms. The number of thiophene rings is 1. The molecule has 0 bridgehead atoms. The average molecular weight is 288 g/mol. The van der Waals surface area contributed by atoms with Gasteiger partial charge in [0.1, 0.15) is 0 Å². The molecular formula is C12H20N2O2S2. The Balaban J connectivity index is 1.77. The van der Waals surface area contributed by atoms with Gasteiger partial charge in [-0.05, 0) is 31.2 Å². The molecule has 18 heavy (non-hydrogen) atoms. The fourth-order valence-electron chi connectivity index (χ4n) is 2.18. The standard InChI is InChI=1S/C12H20N2O2S2/c1-2-18(15,16)14-7-5-11(6-8-14)13-10-12-4-3-9-17-12/h3-4,9,11,13H,2,5-8,10H2,1H3. The van der Waals surface area contributed by atoms with Crippen molar-refractivity contribution < 1.29 is 8.42 Å². The van der Waals surface area contributed by atoms with Crippen molar-refractivity contribution in [1.29, 1.82) is 0 Å². The summed E-state index contributed by atoms with van der Waals surface area (Å²) in [5.74, 6) is 0.209. The predicted octanol–water partition coefficient (Wildman–Crippen LogP) is 1.65. The van der Waals surface area contributed by atoms with Crippen molar-refractivity contribution >= 4 is 21.4 Å². The van der Waals surface area contributed by atoms with E-state index in [0.29, 0.717) is 19.1 Å². The summed E-state index contributed by atoms with van der Waals surface area (Å²) in [6.45, 7) is 3.90. The van der Waals surface area contributed by atoms with Gasteiger partial charge in [-0.2, -0.15) is 0 Å². The third kappa shape index (κ3) is 3.54. The summed E-state index contributed by atoms with van der Waals surface area (Å²) in [5.41, 5.74) is 0. The van der Waals surface area contributed by atoms with E-state index in [1.807, 2.05) is 0 Å². The molecule has 1 aromatic rings. The van der Waals surface area contributed by atoms with Gasteiger partial charge in [-0.15, -0.1) is 11.3 Å². The first-order valence-electron chi connectivity index (χ1n) is 6.35. The van der Waals surface area contributed by atoms with Crippen molar-refractivity contribution in [3.63, 3.8) is 0 Å². The van der Waals surface area contributed by atoms with Crippen LogP contribution in [0.4, 0.5) is 0 Å². The van der Waals surface area contributed by atoms with E-state index in [0.717, 1.165) is 19.4 Å². The normalized spacial score (nSPS) is 19.2. The molecule has 0 atom stereocenters. The quantitative estimate of drug-likeness (QED) is 0.896. The summed E-state index contributed by atoms with van der Waals surface area (Å²) in [5, 5.41) is 5.58. The van der Waals surface area contributed by atoms with Crippen LogP contribution in [0.3, 0.4) is 0 Å². The molecule has 0 radical (unpaired) electrons. The Morgan fingerprint density at radius 3 is 2.72 bits per heavy atom. The zero-order valence-electron chi connectivity index (χ0n) is 10.6. The summed E-state index contributed by atoms with van der Waals surface area (Å²) in [7, 11) is -3.00. The molecule has 4 nitrogen and oxygen atoms in total. The van der Waals surface area contributed by atoms with Crippen LogP contribution < -0.4 is 5.32 Å². The minimum absolute atomic E-state index is 0.209. The summed E-state index contributed by atoms with van der Waals surface area (Å²) in [4.78, 5) is 1.33. The Bertz CT molecular complexity index is 448. The molecule has 1 N–H and O–H groups in total. The molecule has 1 aliphatic heterocycles. The van der Waals surface area contributed by atoms with Crippen molar-refractivity contribution in [1.82, 2.24) is 9.62 Å². The lowest BCUT2D eigenvalue weighted by atomic mass is 10.1. The molecule has 0 aromatic carbocycles. The minimum atomic E-state index is -3.00. The molecule has 1 aromatic heterocycles. The fraction of sp³-hybridized carbons (Fsp3) is 0.667. The van der Waals surface area contributed by atoms with Crippen LogP contribution in [0.2, 0.25) is 0 Å². The van der Waals surface area contributed by atoms with E-state index in [-0.39, 0.29) is 5.75 Å². The number of nitrogens with zero attached hydrogens (tertiary/aromatic N) is 1. The van der Waals surface area contributed by atoms with E-state index in [9.17, 15) is 8.42 Å². The maximum Gasteiger partial charge on any atom is 0.213 e. The first-order chi connectivity index (χ1) is 8.62. The number of sulfonamides is 1. The summed E-state index contributed by atoms with van der Waals surface area (Å²) >= 11 is 1.75. The van der Waals surface area contributed by atoms with Crippen molar-refractivity contribution in [2.45, 2.75) is 32.4 Å². The Kier molecular flexibility index (Phi) is 4.77. The Morgan fingerprint density at radius 1 is 1.44 bits per heavy atom. The zero-order valence-corrected chi connectivity index (χ0v) is 12.3. The summed E-state index contributed by atoms with van der Waals surface area (Å²) < 4.78 is 25.0. The second-order valence-corrected chi connectivity index (χ2v) is 7.82. The molecule has 0 saturated carbocycles. The maximum atomic E-state index is 11.7. The van der Waals surface area contributed by atoms with Crippen molar-refractivity contribution in [3.05, 3.63) is 22.4 Å². The molecule has 0 spiro atoms. The van der Waals surface area contributed by atoms with E-state index in [2.05, 4.69) is 22.8 Å². The second-order valence-electron chi connectivity index (χ2n) is 4.53. The third-order valence-electron chi connectivity index (χ3n) is 3.36. The Hall–Kier alpha value is -0.430. The number of hydrogen-bond donors (Lipinski definition) is 1. The Labute approximate surface area is 113 Å². The van der Waals surface area contributed by atoms with Gasteiger partial charge in [0.2, 0.25) is 10.0 Å². The minimum Gasteiger partial charge on any atom is -0.309 e. The number of nitrogens with one attached hydrogen (secondary N) is 1. The highest BCUT2D eigenvalue weighted by Crippen LogP contribution is 2.15. The van der Waals surface area contributed by atoms with Gasteiger partial charge in [0.05, 0.1) is 5.75 Å². The average Bonchev–Trinajstić information content (AvgIpc) is 2.90. The van der Waals surface area contributed by atoms with Crippen molar-refractivity contribution in [2.24, 2.45) is 0 Å². The van der Waals surface area contributed by atoms with Crippen molar-refractivity contribution in [3.8, 4) is 0 Å². The van der Waals surface area contributed by atoms with Crippen molar-refractivity contribution in [2.75, 3.05) is 18.8 Å². The number of rotatable bonds is 5. The van der Waals surface area contributed by atoms with E-state index in [1.165, 1.54) is 4.88 Å². The van der Waals surface area contributed by atoms with Gasteiger partial charge in [0, 0.05) is 30.6 Å². The topological polar surface area (TPSA) is 49.4 Å². The number of hydrogen-bond acceptors (Lipinski definition) is 4. The van der Waals surface area contributed by atoms with Crippen LogP contribution >= 0.6 is 11.3 Å².